The van der Waals surface area contributed by atoms with Crippen LogP contribution in [0, 0.1) is 0 Å². The lowest BCUT2D eigenvalue weighted by atomic mass is 10.2. The first-order chi connectivity index (χ1) is 18.5. The van der Waals surface area contributed by atoms with Gasteiger partial charge in [0.2, 0.25) is 21.9 Å². The standard InChI is InChI=1S/C27H25F3N4O4S/c1-3-33(39(36,37)23-15-13-22(38-2)14-16-23)18-25(35)32-26-31-24(19-7-5-4-6-8-19)17-34(26)21-11-9-20(10-12-21)27(28,29)30/h4-17H,3,18H2,1-2H3,(H,31,32,35). The Hall–Kier alpha value is -4.16. The molecular formula is C27H25F3N4O4S. The van der Waals surface area contributed by atoms with E-state index in [1.807, 2.05) is 6.07 Å². The van der Waals surface area contributed by atoms with Crippen molar-refractivity contribution >= 4 is 21.9 Å². The number of methoxy groups -OCH3 is 1. The average molecular weight is 559 g/mol. The predicted molar refractivity (Wildman–Crippen MR) is 140 cm³/mol. The molecule has 0 fully saturated rings. The fraction of sp³-hybridized carbons (Fsp3) is 0.185. The molecule has 1 N–H and O–H groups in total. The maximum absolute atomic E-state index is 13.1. The van der Waals surface area contributed by atoms with Crippen molar-refractivity contribution in [3.05, 3.63) is 90.6 Å². The Balaban J connectivity index is 1.62. The summed E-state index contributed by atoms with van der Waals surface area (Å²) < 4.78 is 73.0. The number of carbonyl (C=O) groups excluding carboxylic acids is 1. The fourth-order valence-electron chi connectivity index (χ4n) is 3.81. The number of benzene rings is 3. The molecule has 0 bridgehead atoms. The number of imidazole rings is 1. The van der Waals surface area contributed by atoms with Gasteiger partial charge in [-0.15, -0.1) is 0 Å². The molecule has 4 aromatic rings. The Morgan fingerprint density at radius 2 is 1.64 bits per heavy atom. The van der Waals surface area contributed by atoms with E-state index in [0.717, 1.165) is 22.0 Å². The number of carbonyl (C=O) groups is 1. The zero-order valence-corrected chi connectivity index (χ0v) is 21.8. The minimum absolute atomic E-state index is 0.00410. The van der Waals surface area contributed by atoms with E-state index in [1.165, 1.54) is 48.1 Å². The second kappa shape index (κ2) is 11.3. The zero-order valence-electron chi connectivity index (χ0n) is 21.0. The number of ether oxygens (including phenoxy) is 1. The third-order valence-electron chi connectivity index (χ3n) is 5.87. The van der Waals surface area contributed by atoms with Gasteiger partial charge < -0.3 is 4.74 Å². The lowest BCUT2D eigenvalue weighted by Gasteiger charge is -2.20. The van der Waals surface area contributed by atoms with Crippen LogP contribution in [-0.2, 0) is 21.0 Å². The third-order valence-corrected chi connectivity index (χ3v) is 7.80. The van der Waals surface area contributed by atoms with Gasteiger partial charge in [-0.2, -0.15) is 17.5 Å². The monoisotopic (exact) mass is 558 g/mol. The van der Waals surface area contributed by atoms with Crippen molar-refractivity contribution in [2.24, 2.45) is 0 Å². The molecule has 0 radical (unpaired) electrons. The number of hydrogen-bond acceptors (Lipinski definition) is 5. The summed E-state index contributed by atoms with van der Waals surface area (Å²) >= 11 is 0. The second-order valence-corrected chi connectivity index (χ2v) is 10.3. The Labute approximate surface area is 223 Å². The van der Waals surface area contributed by atoms with Crippen molar-refractivity contribution in [1.82, 2.24) is 13.9 Å². The van der Waals surface area contributed by atoms with Crippen molar-refractivity contribution in [3.63, 3.8) is 0 Å². The van der Waals surface area contributed by atoms with E-state index in [4.69, 9.17) is 4.74 Å². The van der Waals surface area contributed by atoms with Crippen LogP contribution in [0.1, 0.15) is 12.5 Å². The third kappa shape index (κ3) is 6.29. The van der Waals surface area contributed by atoms with Crippen LogP contribution in [0.5, 0.6) is 5.75 Å². The fourth-order valence-corrected chi connectivity index (χ4v) is 5.22. The first-order valence-electron chi connectivity index (χ1n) is 11.8. The van der Waals surface area contributed by atoms with Crippen LogP contribution in [0.15, 0.2) is 90.0 Å². The summed E-state index contributed by atoms with van der Waals surface area (Å²) in [6.45, 7) is 1.11. The molecule has 8 nitrogen and oxygen atoms in total. The average Bonchev–Trinajstić information content (AvgIpc) is 3.35. The number of amides is 1. The zero-order chi connectivity index (χ0) is 28.2. The first kappa shape index (κ1) is 27.9. The largest absolute Gasteiger partial charge is 0.497 e. The Morgan fingerprint density at radius 1 is 1.00 bits per heavy atom. The number of likely N-dealkylation sites (N-methyl/N-ethyl adjacent to an activating group) is 1. The van der Waals surface area contributed by atoms with E-state index in [-0.39, 0.29) is 17.4 Å². The minimum atomic E-state index is -4.50. The number of alkyl halides is 3. The summed E-state index contributed by atoms with van der Waals surface area (Å²) in [6.07, 6.45) is -2.92. The number of rotatable bonds is 9. The Bertz CT molecular complexity index is 1540. The highest BCUT2D eigenvalue weighted by Crippen LogP contribution is 2.31. The van der Waals surface area contributed by atoms with Crippen molar-refractivity contribution in [1.29, 1.82) is 0 Å². The molecule has 0 aliphatic heterocycles. The molecule has 1 heterocycles. The Morgan fingerprint density at radius 3 is 2.21 bits per heavy atom. The Kier molecular flexibility index (Phi) is 8.07. The predicted octanol–water partition coefficient (Wildman–Crippen LogP) is 5.22. The molecular weight excluding hydrogens is 533 g/mol. The van der Waals surface area contributed by atoms with Gasteiger partial charge in [0.1, 0.15) is 5.75 Å². The molecule has 0 saturated carbocycles. The highest BCUT2D eigenvalue weighted by atomic mass is 32.2. The smallest absolute Gasteiger partial charge is 0.416 e. The number of sulfonamides is 1. The van der Waals surface area contributed by atoms with Gasteiger partial charge in [0.25, 0.3) is 0 Å². The van der Waals surface area contributed by atoms with Gasteiger partial charge in [-0.3, -0.25) is 14.7 Å². The summed E-state index contributed by atoms with van der Waals surface area (Å²) in [4.78, 5) is 17.5. The number of aromatic nitrogens is 2. The van der Waals surface area contributed by atoms with Crippen LogP contribution in [0.3, 0.4) is 0 Å². The quantitative estimate of drug-likeness (QED) is 0.304. The van der Waals surface area contributed by atoms with E-state index in [2.05, 4.69) is 10.3 Å². The van der Waals surface area contributed by atoms with Gasteiger partial charge in [0.15, 0.2) is 0 Å². The molecule has 1 aromatic heterocycles. The van der Waals surface area contributed by atoms with Gasteiger partial charge in [0.05, 0.1) is 29.8 Å². The molecule has 0 aliphatic carbocycles. The summed E-state index contributed by atoms with van der Waals surface area (Å²) in [5.41, 5.74) is 0.689. The number of nitrogens with zero attached hydrogens (tertiary/aromatic N) is 3. The van der Waals surface area contributed by atoms with Gasteiger partial charge in [-0.05, 0) is 48.5 Å². The SMILES string of the molecule is CCN(CC(=O)Nc1nc(-c2ccccc2)cn1-c1ccc(C(F)(F)F)cc1)S(=O)(=O)c1ccc(OC)cc1. The van der Waals surface area contributed by atoms with E-state index < -0.39 is 34.2 Å². The van der Waals surface area contributed by atoms with Gasteiger partial charge in [-0.1, -0.05) is 37.3 Å². The van der Waals surface area contributed by atoms with Crippen LogP contribution in [0.2, 0.25) is 0 Å². The van der Waals surface area contributed by atoms with Crippen LogP contribution in [0.25, 0.3) is 16.9 Å². The highest BCUT2D eigenvalue weighted by molar-refractivity contribution is 7.89. The number of hydrogen-bond donors (Lipinski definition) is 1. The van der Waals surface area contributed by atoms with Gasteiger partial charge in [0, 0.05) is 24.0 Å². The van der Waals surface area contributed by atoms with Crippen molar-refractivity contribution in [2.45, 2.75) is 18.0 Å². The van der Waals surface area contributed by atoms with Crippen molar-refractivity contribution < 1.29 is 31.1 Å². The normalized spacial score (nSPS) is 11.9. The molecule has 3 aromatic carbocycles. The number of nitrogens with one attached hydrogen (secondary N) is 1. The van der Waals surface area contributed by atoms with Crippen molar-refractivity contribution in [2.75, 3.05) is 25.5 Å². The molecule has 0 spiro atoms. The molecule has 204 valence electrons. The van der Waals surface area contributed by atoms with E-state index >= 15 is 0 Å². The van der Waals surface area contributed by atoms with Gasteiger partial charge >= 0.3 is 6.18 Å². The number of anilines is 1. The van der Waals surface area contributed by atoms with Crippen molar-refractivity contribution in [3.8, 4) is 22.7 Å². The minimum Gasteiger partial charge on any atom is -0.497 e. The maximum Gasteiger partial charge on any atom is 0.416 e. The lowest BCUT2D eigenvalue weighted by molar-refractivity contribution is -0.137. The van der Waals surface area contributed by atoms with Crippen LogP contribution >= 0.6 is 0 Å². The summed E-state index contributed by atoms with van der Waals surface area (Å²) in [5, 5.41) is 2.62. The maximum atomic E-state index is 13.1. The second-order valence-electron chi connectivity index (χ2n) is 8.39. The van der Waals surface area contributed by atoms with E-state index in [0.29, 0.717) is 17.1 Å². The van der Waals surface area contributed by atoms with Gasteiger partial charge in [-0.25, -0.2) is 13.4 Å². The molecule has 4 rings (SSSR count). The van der Waals surface area contributed by atoms with Crippen LogP contribution in [0.4, 0.5) is 19.1 Å². The lowest BCUT2D eigenvalue weighted by Crippen LogP contribution is -2.38. The number of halogens is 3. The summed E-state index contributed by atoms with van der Waals surface area (Å²) in [6, 6.07) is 19.2. The molecule has 0 unspecified atom stereocenters. The molecule has 0 saturated heterocycles. The molecule has 39 heavy (non-hydrogen) atoms. The molecule has 1 amide bonds. The first-order valence-corrected chi connectivity index (χ1v) is 13.2. The molecule has 0 atom stereocenters. The highest BCUT2D eigenvalue weighted by Gasteiger charge is 2.30. The van der Waals surface area contributed by atoms with E-state index in [9.17, 15) is 26.4 Å². The molecule has 0 aliphatic rings. The van der Waals surface area contributed by atoms with Crippen LogP contribution < -0.4 is 10.1 Å². The van der Waals surface area contributed by atoms with Crippen LogP contribution in [-0.4, -0.2) is 48.4 Å². The molecule has 12 heteroatoms. The summed E-state index contributed by atoms with van der Waals surface area (Å²) in [7, 11) is -2.54. The topological polar surface area (TPSA) is 93.5 Å². The van der Waals surface area contributed by atoms with E-state index in [1.54, 1.807) is 37.4 Å². The summed E-state index contributed by atoms with van der Waals surface area (Å²) in [5.74, 6) is -0.164.